The minimum absolute atomic E-state index is 0.169. The van der Waals surface area contributed by atoms with Crippen molar-refractivity contribution < 1.29 is 0 Å². The second-order valence-electron chi connectivity index (χ2n) is 4.46. The van der Waals surface area contributed by atoms with Gasteiger partial charge < -0.3 is 10.6 Å². The first-order valence-corrected chi connectivity index (χ1v) is 5.90. The molecule has 0 aliphatic rings. The van der Waals surface area contributed by atoms with Gasteiger partial charge in [0.05, 0.1) is 0 Å². The Balaban J connectivity index is 2.42. The molecule has 92 valence electrons. The van der Waals surface area contributed by atoms with Gasteiger partial charge in [-0.2, -0.15) is 5.10 Å². The van der Waals surface area contributed by atoms with Gasteiger partial charge in [0.15, 0.2) is 0 Å². The van der Waals surface area contributed by atoms with Crippen molar-refractivity contribution in [2.24, 2.45) is 5.73 Å². The van der Waals surface area contributed by atoms with Crippen LogP contribution in [0.15, 0.2) is 6.33 Å². The first-order valence-electron chi connectivity index (χ1n) is 5.90. The number of nitrogens with two attached hydrogens (primary N) is 1. The fraction of sp³-hybridized carbons (Fsp3) is 0.818. The van der Waals surface area contributed by atoms with Crippen LogP contribution in [-0.2, 0) is 13.0 Å². The molecule has 0 aliphatic carbocycles. The van der Waals surface area contributed by atoms with E-state index in [-0.39, 0.29) is 6.04 Å². The highest BCUT2D eigenvalue weighted by atomic mass is 15.3. The summed E-state index contributed by atoms with van der Waals surface area (Å²) in [5.74, 6) is 1.01. The van der Waals surface area contributed by atoms with Gasteiger partial charge in [-0.15, -0.1) is 0 Å². The first-order chi connectivity index (χ1) is 7.63. The summed E-state index contributed by atoms with van der Waals surface area (Å²) in [7, 11) is 4.12. The van der Waals surface area contributed by atoms with Crippen LogP contribution in [0.1, 0.15) is 25.6 Å². The monoisotopic (exact) mass is 225 g/mol. The van der Waals surface area contributed by atoms with Crippen molar-refractivity contribution in [2.45, 2.75) is 38.8 Å². The molecule has 0 amide bonds. The van der Waals surface area contributed by atoms with Gasteiger partial charge in [-0.3, -0.25) is 4.68 Å². The highest BCUT2D eigenvalue weighted by molar-refractivity contribution is 4.89. The molecule has 0 saturated heterocycles. The number of hydrogen-bond acceptors (Lipinski definition) is 4. The van der Waals surface area contributed by atoms with E-state index in [0.29, 0.717) is 0 Å². The zero-order valence-corrected chi connectivity index (χ0v) is 10.6. The van der Waals surface area contributed by atoms with Gasteiger partial charge in [0.2, 0.25) is 0 Å². The molecule has 1 atom stereocenters. The second kappa shape index (κ2) is 6.60. The molecular weight excluding hydrogens is 202 g/mol. The lowest BCUT2D eigenvalue weighted by atomic mass is 10.1. The molecule has 16 heavy (non-hydrogen) atoms. The number of aryl methyl sites for hydroxylation is 1. The van der Waals surface area contributed by atoms with E-state index in [0.717, 1.165) is 38.2 Å². The van der Waals surface area contributed by atoms with Gasteiger partial charge in [-0.25, -0.2) is 4.98 Å². The minimum atomic E-state index is 0.169. The Morgan fingerprint density at radius 1 is 1.50 bits per heavy atom. The molecule has 1 heterocycles. The number of hydrogen-bond donors (Lipinski definition) is 1. The molecule has 0 aromatic carbocycles. The van der Waals surface area contributed by atoms with Crippen molar-refractivity contribution in [2.75, 3.05) is 20.6 Å². The largest absolute Gasteiger partial charge is 0.327 e. The average Bonchev–Trinajstić information content (AvgIpc) is 2.63. The number of nitrogens with zero attached hydrogens (tertiary/aromatic N) is 4. The van der Waals surface area contributed by atoms with E-state index in [4.69, 9.17) is 5.73 Å². The molecule has 1 aromatic heterocycles. The zero-order chi connectivity index (χ0) is 12.0. The molecule has 5 nitrogen and oxygen atoms in total. The smallest absolute Gasteiger partial charge is 0.138 e. The topological polar surface area (TPSA) is 60.0 Å². The molecule has 0 aliphatic heterocycles. The van der Waals surface area contributed by atoms with Crippen molar-refractivity contribution in [3.8, 4) is 0 Å². The fourth-order valence-corrected chi connectivity index (χ4v) is 1.61. The third-order valence-electron chi connectivity index (χ3n) is 2.52. The third kappa shape index (κ3) is 4.28. The van der Waals surface area contributed by atoms with Crippen LogP contribution >= 0.6 is 0 Å². The van der Waals surface area contributed by atoms with Crippen LogP contribution in [0.2, 0.25) is 0 Å². The molecule has 0 radical (unpaired) electrons. The van der Waals surface area contributed by atoms with Gasteiger partial charge in [0, 0.05) is 19.0 Å². The summed E-state index contributed by atoms with van der Waals surface area (Å²) in [5.41, 5.74) is 6.07. The van der Waals surface area contributed by atoms with Crippen LogP contribution < -0.4 is 5.73 Å². The van der Waals surface area contributed by atoms with Gasteiger partial charge >= 0.3 is 0 Å². The van der Waals surface area contributed by atoms with E-state index in [1.165, 1.54) is 0 Å². The van der Waals surface area contributed by atoms with Crippen molar-refractivity contribution >= 4 is 0 Å². The van der Waals surface area contributed by atoms with E-state index in [9.17, 15) is 0 Å². The summed E-state index contributed by atoms with van der Waals surface area (Å²) in [6, 6.07) is 0.169. The Kier molecular flexibility index (Phi) is 5.42. The van der Waals surface area contributed by atoms with Crippen molar-refractivity contribution in [3.05, 3.63) is 12.2 Å². The number of aromatic nitrogens is 3. The van der Waals surface area contributed by atoms with Crippen LogP contribution in [0.4, 0.5) is 0 Å². The van der Waals surface area contributed by atoms with Crippen molar-refractivity contribution in [1.82, 2.24) is 19.7 Å². The molecule has 0 spiro atoms. The quantitative estimate of drug-likeness (QED) is 0.734. The Morgan fingerprint density at radius 2 is 2.25 bits per heavy atom. The van der Waals surface area contributed by atoms with E-state index in [2.05, 4.69) is 36.0 Å². The maximum atomic E-state index is 6.07. The van der Waals surface area contributed by atoms with Gasteiger partial charge in [0.25, 0.3) is 0 Å². The lowest BCUT2D eigenvalue weighted by Crippen LogP contribution is -2.29. The Morgan fingerprint density at radius 3 is 2.88 bits per heavy atom. The summed E-state index contributed by atoms with van der Waals surface area (Å²) in [6.07, 6.45) is 4.49. The predicted molar refractivity (Wildman–Crippen MR) is 65.2 cm³/mol. The summed E-state index contributed by atoms with van der Waals surface area (Å²) >= 11 is 0. The molecule has 5 heteroatoms. The van der Waals surface area contributed by atoms with E-state index in [1.54, 1.807) is 6.33 Å². The maximum Gasteiger partial charge on any atom is 0.138 e. The number of rotatable bonds is 7. The summed E-state index contributed by atoms with van der Waals surface area (Å²) < 4.78 is 1.95. The van der Waals surface area contributed by atoms with Crippen LogP contribution in [0.3, 0.4) is 0 Å². The Bertz CT molecular complexity index is 294. The Hall–Kier alpha value is -0.940. The maximum absolute atomic E-state index is 6.07. The first kappa shape index (κ1) is 13.1. The van der Waals surface area contributed by atoms with Gasteiger partial charge in [0.1, 0.15) is 12.2 Å². The third-order valence-corrected chi connectivity index (χ3v) is 2.52. The molecule has 2 N–H and O–H groups in total. The van der Waals surface area contributed by atoms with E-state index < -0.39 is 0 Å². The standard InChI is InChI=1S/C11H23N5/c1-4-6-16-11(13-9-14-16)8-10(12)5-7-15(2)3/h9-10H,4-8,12H2,1-3H3. The SMILES string of the molecule is CCCn1ncnc1CC(N)CCN(C)C. The molecule has 1 rings (SSSR count). The normalized spacial score (nSPS) is 13.3. The van der Waals surface area contributed by atoms with Crippen LogP contribution in [-0.4, -0.2) is 46.3 Å². The zero-order valence-electron chi connectivity index (χ0n) is 10.6. The van der Waals surface area contributed by atoms with E-state index in [1.807, 2.05) is 4.68 Å². The second-order valence-corrected chi connectivity index (χ2v) is 4.46. The Labute approximate surface area is 97.6 Å². The summed E-state index contributed by atoms with van der Waals surface area (Å²) in [6.45, 7) is 4.08. The molecule has 1 unspecified atom stereocenters. The minimum Gasteiger partial charge on any atom is -0.327 e. The highest BCUT2D eigenvalue weighted by Gasteiger charge is 2.09. The van der Waals surface area contributed by atoms with Crippen LogP contribution in [0, 0.1) is 0 Å². The highest BCUT2D eigenvalue weighted by Crippen LogP contribution is 2.02. The van der Waals surface area contributed by atoms with Crippen LogP contribution in [0.25, 0.3) is 0 Å². The summed E-state index contributed by atoms with van der Waals surface area (Å²) in [4.78, 5) is 6.41. The predicted octanol–water partition coefficient (Wildman–Crippen LogP) is 0.510. The fourth-order valence-electron chi connectivity index (χ4n) is 1.61. The van der Waals surface area contributed by atoms with Gasteiger partial charge in [-0.1, -0.05) is 6.92 Å². The molecule has 0 fully saturated rings. The van der Waals surface area contributed by atoms with Crippen LogP contribution in [0.5, 0.6) is 0 Å². The average molecular weight is 225 g/mol. The van der Waals surface area contributed by atoms with Gasteiger partial charge in [-0.05, 0) is 33.5 Å². The molecule has 0 bridgehead atoms. The lowest BCUT2D eigenvalue weighted by Gasteiger charge is -2.15. The molecular formula is C11H23N5. The summed E-state index contributed by atoms with van der Waals surface area (Å²) in [5, 5.41) is 4.19. The van der Waals surface area contributed by atoms with E-state index >= 15 is 0 Å². The lowest BCUT2D eigenvalue weighted by molar-refractivity contribution is 0.376. The van der Waals surface area contributed by atoms with Crippen molar-refractivity contribution in [3.63, 3.8) is 0 Å². The molecule has 0 saturated carbocycles. The van der Waals surface area contributed by atoms with Crippen molar-refractivity contribution in [1.29, 1.82) is 0 Å². The molecule has 1 aromatic rings.